The van der Waals surface area contributed by atoms with Crippen LogP contribution < -0.4 is 9.46 Å². The highest BCUT2D eigenvalue weighted by atomic mass is 32.2. The molecule has 2 amide bonds. The van der Waals surface area contributed by atoms with E-state index in [-0.39, 0.29) is 56.2 Å². The van der Waals surface area contributed by atoms with Crippen molar-refractivity contribution in [2.45, 2.75) is 101 Å². The third kappa shape index (κ3) is 7.72. The number of allylic oxidation sites excluding steroid dienone is 2. The van der Waals surface area contributed by atoms with Crippen LogP contribution in [0.15, 0.2) is 59.0 Å². The lowest BCUT2D eigenvalue weighted by molar-refractivity contribution is -0.142. The molecule has 3 aromatic rings. The second-order valence-corrected chi connectivity index (χ2v) is 17.4. The Morgan fingerprint density at radius 1 is 1.11 bits per heavy atom. The number of nitrogens with one attached hydrogen (secondary N) is 1. The molecule has 1 N–H and O–H groups in total. The number of nitrogens with zero attached hydrogens (tertiary/aromatic N) is 2. The van der Waals surface area contributed by atoms with E-state index in [1.807, 2.05) is 12.2 Å². The Kier molecular flexibility index (Phi) is 9.69. The Hall–Kier alpha value is -4.27. The quantitative estimate of drug-likeness (QED) is 0.208. The van der Waals surface area contributed by atoms with E-state index in [0.717, 1.165) is 18.6 Å². The molecular weight excluding hydrogens is 718 g/mol. The average molecular weight is 760 g/mol. The summed E-state index contributed by atoms with van der Waals surface area (Å²) in [6, 6.07) is 8.11. The SMILES string of the molecule is CC1(S(=O)(=O)NC(=O)[C@]23CC(=O)[C@@H]4C[C@@H](Oc5nc6ccccc6o5)CN4C(=O)[C@@H](Cc4cc(F)cc(C(F)(F)F)c4)CCCCC/C=C\[C@@H]2C3)CC1. The fourth-order valence-corrected chi connectivity index (χ4v) is 9.01. The Morgan fingerprint density at radius 3 is 2.62 bits per heavy atom. The van der Waals surface area contributed by atoms with Crippen LogP contribution in [0.5, 0.6) is 6.08 Å². The number of rotatable bonds is 7. The lowest BCUT2D eigenvalue weighted by Gasteiger charge is -2.29. The number of amides is 2. The summed E-state index contributed by atoms with van der Waals surface area (Å²) in [6.45, 7) is 1.48. The number of hydrogen-bond donors (Lipinski definition) is 1. The lowest BCUT2D eigenvalue weighted by Crippen LogP contribution is -2.47. The largest absolute Gasteiger partial charge is 0.445 e. The predicted molar refractivity (Wildman–Crippen MR) is 184 cm³/mol. The van der Waals surface area contributed by atoms with Gasteiger partial charge in [-0.05, 0) is 93.7 Å². The van der Waals surface area contributed by atoms with Gasteiger partial charge in [-0.2, -0.15) is 18.2 Å². The molecule has 0 spiro atoms. The van der Waals surface area contributed by atoms with Crippen molar-refractivity contribution < 1.29 is 49.5 Å². The minimum Gasteiger partial charge on any atom is -0.445 e. The summed E-state index contributed by atoms with van der Waals surface area (Å²) in [6.07, 6.45) is 1.56. The molecule has 3 fully saturated rings. The Labute approximate surface area is 304 Å². The first-order chi connectivity index (χ1) is 25.1. The van der Waals surface area contributed by atoms with Crippen LogP contribution in [0.2, 0.25) is 0 Å². The number of oxazole rings is 1. The number of Topliss-reactive ketones (excluding diaryl/α,β-unsaturated/α-hetero) is 1. The third-order valence-corrected chi connectivity index (χ3v) is 13.4. The summed E-state index contributed by atoms with van der Waals surface area (Å²) >= 11 is 0. The molecule has 2 aliphatic carbocycles. The second-order valence-electron chi connectivity index (χ2n) is 15.2. The van der Waals surface area contributed by atoms with E-state index in [2.05, 4.69) is 9.71 Å². The average Bonchev–Trinajstić information content (AvgIpc) is 3.90. The van der Waals surface area contributed by atoms with Gasteiger partial charge in [-0.3, -0.25) is 19.1 Å². The topological polar surface area (TPSA) is 136 Å². The predicted octanol–water partition coefficient (Wildman–Crippen LogP) is 6.68. The molecule has 10 nitrogen and oxygen atoms in total. The molecule has 53 heavy (non-hydrogen) atoms. The zero-order chi connectivity index (χ0) is 37.8. The van der Waals surface area contributed by atoms with Gasteiger partial charge >= 0.3 is 12.3 Å². The van der Waals surface area contributed by atoms with E-state index in [1.54, 1.807) is 31.2 Å². The molecule has 2 aliphatic heterocycles. The standard InChI is InChI=1S/C38H41F4N3O7S/c1-36(13-14-36)53(49,50)44-34(48)37-20-25(37)10-6-4-2-3-5-9-24(15-23-16-26(38(40,41)42)18-27(39)17-23)33(47)45-22-28(19-30(45)31(46)21-37)51-35-43-29-11-7-8-12-32(29)52-35/h6-8,10-12,16-18,24-25,28,30H,2-5,9,13-15,19-22H2,1H3,(H,44,48)/b10-6-/t24-,25-,28-,30+,37-/m1/s1. The summed E-state index contributed by atoms with van der Waals surface area (Å²) in [5.74, 6) is -4.09. The van der Waals surface area contributed by atoms with Gasteiger partial charge in [0.2, 0.25) is 21.8 Å². The molecule has 1 saturated heterocycles. The highest BCUT2D eigenvalue weighted by molar-refractivity contribution is 7.91. The minimum atomic E-state index is -4.80. The zero-order valence-corrected chi connectivity index (χ0v) is 30.0. The number of fused-ring (bicyclic) bond motifs is 3. The summed E-state index contributed by atoms with van der Waals surface area (Å²) < 4.78 is 94.5. The molecule has 0 radical (unpaired) electrons. The van der Waals surface area contributed by atoms with Crippen molar-refractivity contribution in [3.8, 4) is 6.08 Å². The smallest absolute Gasteiger partial charge is 0.416 e. The normalized spacial score (nSPS) is 28.4. The molecule has 1 aromatic heterocycles. The minimum absolute atomic E-state index is 0.000104. The number of hydrogen-bond acceptors (Lipinski definition) is 8. The summed E-state index contributed by atoms with van der Waals surface area (Å²) in [5, 5.41) is 0. The van der Waals surface area contributed by atoms with Gasteiger partial charge in [0.05, 0.1) is 28.3 Å². The number of ketones is 1. The number of carbonyl (C=O) groups excluding carboxylic acids is 3. The number of ether oxygens (including phenoxy) is 1. The van der Waals surface area contributed by atoms with Crippen molar-refractivity contribution in [1.82, 2.24) is 14.6 Å². The van der Waals surface area contributed by atoms with E-state index in [1.165, 1.54) is 4.90 Å². The van der Waals surface area contributed by atoms with Crippen LogP contribution >= 0.6 is 0 Å². The molecule has 284 valence electrons. The molecule has 4 aliphatic rings. The van der Waals surface area contributed by atoms with Crippen LogP contribution in [-0.4, -0.2) is 59.3 Å². The third-order valence-electron chi connectivity index (χ3n) is 11.3. The van der Waals surface area contributed by atoms with E-state index in [0.29, 0.717) is 49.3 Å². The van der Waals surface area contributed by atoms with Gasteiger partial charge in [-0.15, -0.1) is 0 Å². The number of carbonyl (C=O) groups is 3. The first kappa shape index (κ1) is 37.1. The summed E-state index contributed by atoms with van der Waals surface area (Å²) in [4.78, 5) is 48.4. The zero-order valence-electron chi connectivity index (χ0n) is 29.2. The second kappa shape index (κ2) is 13.9. The lowest BCUT2D eigenvalue weighted by atomic mass is 9.89. The fraction of sp³-hybridized carbons (Fsp3) is 0.526. The maximum atomic E-state index is 14.5. The van der Waals surface area contributed by atoms with Crippen molar-refractivity contribution in [3.05, 3.63) is 71.6 Å². The van der Waals surface area contributed by atoms with Gasteiger partial charge in [-0.1, -0.05) is 37.1 Å². The molecule has 2 saturated carbocycles. The van der Waals surface area contributed by atoms with Crippen molar-refractivity contribution in [1.29, 1.82) is 0 Å². The number of para-hydroxylation sites is 2. The highest BCUT2D eigenvalue weighted by Crippen LogP contribution is 2.57. The molecule has 0 bridgehead atoms. The Morgan fingerprint density at radius 2 is 1.89 bits per heavy atom. The van der Waals surface area contributed by atoms with Crippen molar-refractivity contribution in [3.63, 3.8) is 0 Å². The fourth-order valence-electron chi connectivity index (χ4n) is 7.68. The molecule has 7 rings (SSSR count). The number of halogens is 4. The highest BCUT2D eigenvalue weighted by Gasteiger charge is 2.62. The van der Waals surface area contributed by atoms with Crippen LogP contribution in [-0.2, 0) is 37.0 Å². The molecule has 2 aromatic carbocycles. The van der Waals surface area contributed by atoms with Gasteiger partial charge in [0.15, 0.2) is 11.4 Å². The number of aromatic nitrogens is 1. The summed E-state index contributed by atoms with van der Waals surface area (Å²) in [5.41, 5.74) is -1.50. The molecular formula is C38H41F4N3O7S. The first-order valence-corrected chi connectivity index (χ1v) is 19.5. The van der Waals surface area contributed by atoms with E-state index in [4.69, 9.17) is 9.15 Å². The Bertz CT molecular complexity index is 2030. The van der Waals surface area contributed by atoms with Gasteiger partial charge in [0.1, 0.15) is 17.4 Å². The first-order valence-electron chi connectivity index (χ1n) is 18.0. The molecule has 0 unspecified atom stereocenters. The van der Waals surface area contributed by atoms with Crippen molar-refractivity contribution in [2.75, 3.05) is 6.54 Å². The van der Waals surface area contributed by atoms with Crippen molar-refractivity contribution >= 4 is 38.7 Å². The summed E-state index contributed by atoms with van der Waals surface area (Å²) in [7, 11) is -4.00. The van der Waals surface area contributed by atoms with Crippen LogP contribution in [0.1, 0.15) is 82.3 Å². The maximum Gasteiger partial charge on any atom is 0.416 e. The van der Waals surface area contributed by atoms with Crippen molar-refractivity contribution in [2.24, 2.45) is 17.3 Å². The monoisotopic (exact) mass is 759 g/mol. The van der Waals surface area contributed by atoms with E-state index < -0.39 is 73.4 Å². The molecule has 15 heteroatoms. The van der Waals surface area contributed by atoms with Gasteiger partial charge in [0.25, 0.3) is 0 Å². The van der Waals surface area contributed by atoms with Crippen LogP contribution in [0.4, 0.5) is 17.6 Å². The Balaban J connectivity index is 1.20. The molecule has 5 atom stereocenters. The van der Waals surface area contributed by atoms with Gasteiger partial charge in [-0.25, -0.2) is 12.8 Å². The van der Waals surface area contributed by atoms with Crippen LogP contribution in [0.25, 0.3) is 11.1 Å². The number of sulfonamides is 1. The van der Waals surface area contributed by atoms with E-state index >= 15 is 0 Å². The maximum absolute atomic E-state index is 14.5. The van der Waals surface area contributed by atoms with Crippen LogP contribution in [0.3, 0.4) is 0 Å². The number of benzene rings is 2. The van der Waals surface area contributed by atoms with Gasteiger partial charge < -0.3 is 14.1 Å². The molecule has 3 heterocycles. The van der Waals surface area contributed by atoms with E-state index in [9.17, 15) is 40.4 Å². The van der Waals surface area contributed by atoms with Gasteiger partial charge in [0, 0.05) is 18.8 Å². The number of alkyl halides is 3. The van der Waals surface area contributed by atoms with Crippen LogP contribution in [0, 0.1) is 23.1 Å².